The molecule has 0 radical (unpaired) electrons. The molecule has 0 saturated carbocycles. The molecule has 1 aromatic heterocycles. The molecule has 2 N–H and O–H groups in total. The van der Waals surface area contributed by atoms with Crippen molar-refractivity contribution < 1.29 is 9.90 Å². The van der Waals surface area contributed by atoms with Crippen molar-refractivity contribution in [1.29, 1.82) is 5.26 Å². The molecule has 0 amide bonds. The highest BCUT2D eigenvalue weighted by molar-refractivity contribution is 5.87. The summed E-state index contributed by atoms with van der Waals surface area (Å²) in [7, 11) is 0. The molecule has 88 valence electrons. The third-order valence-electron chi connectivity index (χ3n) is 2.35. The van der Waals surface area contributed by atoms with Gasteiger partial charge in [0.25, 0.3) is 0 Å². The number of aromatic amines is 1. The van der Waals surface area contributed by atoms with Crippen molar-refractivity contribution in [3.63, 3.8) is 0 Å². The Balaban J connectivity index is 2.42. The van der Waals surface area contributed by atoms with Gasteiger partial charge in [0.15, 0.2) is 0 Å². The van der Waals surface area contributed by atoms with Crippen LogP contribution in [0, 0.1) is 11.3 Å². The average molecular weight is 239 g/mol. The Labute approximate surface area is 103 Å². The van der Waals surface area contributed by atoms with E-state index in [1.165, 1.54) is 12.3 Å². The van der Waals surface area contributed by atoms with Crippen LogP contribution in [0.5, 0.6) is 0 Å². The minimum absolute atomic E-state index is 0.537. The summed E-state index contributed by atoms with van der Waals surface area (Å²) >= 11 is 0. The minimum atomic E-state index is -1.02. The quantitative estimate of drug-likeness (QED) is 0.802. The van der Waals surface area contributed by atoms with E-state index in [4.69, 9.17) is 10.4 Å². The molecule has 0 saturated heterocycles. The van der Waals surface area contributed by atoms with Gasteiger partial charge in [0.2, 0.25) is 0 Å². The number of carbonyl (C=O) groups is 1. The zero-order valence-corrected chi connectivity index (χ0v) is 9.29. The lowest BCUT2D eigenvalue weighted by Crippen LogP contribution is -1.87. The summed E-state index contributed by atoms with van der Waals surface area (Å²) in [6, 6.07) is 9.06. The first kappa shape index (κ1) is 11.6. The molecule has 1 aromatic carbocycles. The third-order valence-corrected chi connectivity index (χ3v) is 2.35. The second-order valence-corrected chi connectivity index (χ2v) is 3.56. The number of nitriles is 1. The van der Waals surface area contributed by atoms with E-state index in [2.05, 4.69) is 16.3 Å². The molecule has 2 aromatic rings. The zero-order chi connectivity index (χ0) is 13.0. The van der Waals surface area contributed by atoms with Crippen molar-refractivity contribution >= 4 is 12.0 Å². The molecule has 0 bridgehead atoms. The Hall–Kier alpha value is -2.87. The van der Waals surface area contributed by atoms with Crippen LogP contribution in [0.3, 0.4) is 0 Å². The number of rotatable bonds is 3. The highest BCUT2D eigenvalue weighted by Crippen LogP contribution is 2.22. The molecule has 0 aliphatic rings. The topological polar surface area (TPSA) is 89.8 Å². The Morgan fingerprint density at radius 3 is 3.06 bits per heavy atom. The van der Waals surface area contributed by atoms with Gasteiger partial charge in [-0.3, -0.25) is 5.10 Å². The number of benzene rings is 1. The number of carboxylic acid groups (broad SMARTS) is 1. The van der Waals surface area contributed by atoms with E-state index < -0.39 is 5.97 Å². The van der Waals surface area contributed by atoms with E-state index >= 15 is 0 Å². The highest BCUT2D eigenvalue weighted by atomic mass is 16.4. The van der Waals surface area contributed by atoms with Crippen molar-refractivity contribution in [1.82, 2.24) is 10.2 Å². The molecule has 5 nitrogen and oxygen atoms in total. The van der Waals surface area contributed by atoms with Crippen molar-refractivity contribution in [3.8, 4) is 17.3 Å². The van der Waals surface area contributed by atoms with Crippen LogP contribution >= 0.6 is 0 Å². The first-order valence-electron chi connectivity index (χ1n) is 5.15. The van der Waals surface area contributed by atoms with Crippen molar-refractivity contribution in [3.05, 3.63) is 47.7 Å². The van der Waals surface area contributed by atoms with Gasteiger partial charge in [-0.25, -0.2) is 4.79 Å². The molecule has 0 aliphatic carbocycles. The SMILES string of the molecule is N#Cc1cccc(-c2[nH]ncc2/C=C/C(=O)O)c1. The minimum Gasteiger partial charge on any atom is -0.478 e. The summed E-state index contributed by atoms with van der Waals surface area (Å²) in [5, 5.41) is 24.1. The lowest BCUT2D eigenvalue weighted by atomic mass is 10.1. The number of H-pyrrole nitrogens is 1. The first-order valence-corrected chi connectivity index (χ1v) is 5.15. The number of nitrogens with zero attached hydrogens (tertiary/aromatic N) is 2. The largest absolute Gasteiger partial charge is 0.478 e. The summed E-state index contributed by atoms with van der Waals surface area (Å²) in [5.41, 5.74) is 2.67. The fourth-order valence-corrected chi connectivity index (χ4v) is 1.56. The van der Waals surface area contributed by atoms with E-state index in [0.29, 0.717) is 16.8 Å². The zero-order valence-electron chi connectivity index (χ0n) is 9.29. The van der Waals surface area contributed by atoms with Crippen molar-refractivity contribution in [2.45, 2.75) is 0 Å². The molecule has 1 heterocycles. The monoisotopic (exact) mass is 239 g/mol. The molecule has 0 unspecified atom stereocenters. The Bertz CT molecular complexity index is 650. The van der Waals surface area contributed by atoms with Crippen LogP contribution in [0.4, 0.5) is 0 Å². The lowest BCUT2D eigenvalue weighted by molar-refractivity contribution is -0.131. The summed E-state index contributed by atoms with van der Waals surface area (Å²) in [5.74, 6) is -1.02. The van der Waals surface area contributed by atoms with Gasteiger partial charge in [0.1, 0.15) is 0 Å². The molecular weight excluding hydrogens is 230 g/mol. The number of nitrogens with one attached hydrogen (secondary N) is 1. The van der Waals surface area contributed by atoms with Crippen LogP contribution in [0.2, 0.25) is 0 Å². The summed E-state index contributed by atoms with van der Waals surface area (Å²) in [6.45, 7) is 0. The van der Waals surface area contributed by atoms with Gasteiger partial charge in [0, 0.05) is 17.2 Å². The van der Waals surface area contributed by atoms with E-state index in [9.17, 15) is 4.79 Å². The van der Waals surface area contributed by atoms with Gasteiger partial charge in [0.05, 0.1) is 23.5 Å². The molecule has 0 aliphatic heterocycles. The van der Waals surface area contributed by atoms with Crippen LogP contribution in [0.25, 0.3) is 17.3 Å². The fourth-order valence-electron chi connectivity index (χ4n) is 1.56. The van der Waals surface area contributed by atoms with Crippen molar-refractivity contribution in [2.75, 3.05) is 0 Å². The van der Waals surface area contributed by atoms with Gasteiger partial charge in [-0.05, 0) is 18.2 Å². The van der Waals surface area contributed by atoms with Gasteiger partial charge < -0.3 is 5.11 Å². The number of aliphatic carboxylic acids is 1. The predicted molar refractivity (Wildman–Crippen MR) is 65.4 cm³/mol. The van der Waals surface area contributed by atoms with Crippen LogP contribution < -0.4 is 0 Å². The smallest absolute Gasteiger partial charge is 0.328 e. The van der Waals surface area contributed by atoms with Crippen LogP contribution in [0.15, 0.2) is 36.5 Å². The van der Waals surface area contributed by atoms with E-state index in [1.54, 1.807) is 18.2 Å². The lowest BCUT2D eigenvalue weighted by Gasteiger charge is -2.00. The standard InChI is InChI=1S/C13H9N3O2/c14-7-9-2-1-3-10(6-9)13-11(8-15-16-13)4-5-12(17)18/h1-6,8H,(H,15,16)(H,17,18)/b5-4+. The Morgan fingerprint density at radius 2 is 2.33 bits per heavy atom. The fraction of sp³-hybridized carbons (Fsp3) is 0. The van der Waals surface area contributed by atoms with Crippen molar-refractivity contribution in [2.24, 2.45) is 0 Å². The molecule has 0 spiro atoms. The van der Waals surface area contributed by atoms with E-state index in [0.717, 1.165) is 11.6 Å². The highest BCUT2D eigenvalue weighted by Gasteiger charge is 2.06. The summed E-state index contributed by atoms with van der Waals surface area (Å²) < 4.78 is 0. The maximum atomic E-state index is 10.5. The molecule has 2 rings (SSSR count). The Kier molecular flexibility index (Phi) is 3.21. The van der Waals surface area contributed by atoms with E-state index in [1.807, 2.05) is 6.07 Å². The van der Waals surface area contributed by atoms with Gasteiger partial charge in [-0.15, -0.1) is 0 Å². The summed E-state index contributed by atoms with van der Waals surface area (Å²) in [6.07, 6.45) is 4.04. The van der Waals surface area contributed by atoms with E-state index in [-0.39, 0.29) is 0 Å². The number of aromatic nitrogens is 2. The normalized spacial score (nSPS) is 10.4. The predicted octanol–water partition coefficient (Wildman–Crippen LogP) is 2.05. The average Bonchev–Trinajstić information content (AvgIpc) is 2.84. The second kappa shape index (κ2) is 4.97. The maximum absolute atomic E-state index is 10.5. The molecule has 0 fully saturated rings. The number of hydrogen-bond acceptors (Lipinski definition) is 3. The van der Waals surface area contributed by atoms with Crippen LogP contribution in [-0.4, -0.2) is 21.3 Å². The third kappa shape index (κ3) is 2.44. The van der Waals surface area contributed by atoms with Gasteiger partial charge in [-0.2, -0.15) is 10.4 Å². The molecule has 18 heavy (non-hydrogen) atoms. The van der Waals surface area contributed by atoms with Gasteiger partial charge >= 0.3 is 5.97 Å². The molecule has 5 heteroatoms. The molecular formula is C13H9N3O2. The van der Waals surface area contributed by atoms with Crippen LogP contribution in [0.1, 0.15) is 11.1 Å². The Morgan fingerprint density at radius 1 is 1.50 bits per heavy atom. The summed E-state index contributed by atoms with van der Waals surface area (Å²) in [4.78, 5) is 10.5. The number of hydrogen-bond donors (Lipinski definition) is 2. The first-order chi connectivity index (χ1) is 8.70. The number of carboxylic acids is 1. The molecule has 0 atom stereocenters. The second-order valence-electron chi connectivity index (χ2n) is 3.56. The van der Waals surface area contributed by atoms with Gasteiger partial charge in [-0.1, -0.05) is 12.1 Å². The van der Waals surface area contributed by atoms with Crippen LogP contribution in [-0.2, 0) is 4.79 Å². The maximum Gasteiger partial charge on any atom is 0.328 e.